The summed E-state index contributed by atoms with van der Waals surface area (Å²) < 4.78 is 26.3. The number of hydrogen-bond acceptors (Lipinski definition) is 6. The molecule has 0 heterocycles. The second-order valence-electron chi connectivity index (χ2n) is 13.6. The molecule has 0 aliphatic carbocycles. The molecule has 2 N–H and O–H groups in total. The standard InChI is InChI=1S/C44H75O8P/c1-3-5-7-9-11-13-15-17-19-20-21-22-23-24-25-27-29-31-33-35-37-39-44(46)52-42(41-51-53(47,48)49)40-50-43(45)38-36-34-32-30-28-26-18-16-14-12-10-8-6-4-2/h10,12,16,18-20,22-23,25,27,31,33,42H,3-9,11,13-15,17,21,24,26,28-30,32,34-41H2,1-2H3,(H2,47,48,49)/b12-10+,18-16+,20-19+,23-22+,27-25+,33-31+/t42-/m1/s1. The van der Waals surface area contributed by atoms with Gasteiger partial charge in [0.1, 0.15) is 6.61 Å². The molecule has 0 unspecified atom stereocenters. The van der Waals surface area contributed by atoms with Crippen molar-refractivity contribution in [3.63, 3.8) is 0 Å². The number of esters is 2. The average Bonchev–Trinajstić information content (AvgIpc) is 3.13. The summed E-state index contributed by atoms with van der Waals surface area (Å²) in [4.78, 5) is 42.8. The van der Waals surface area contributed by atoms with Crippen LogP contribution in [0.25, 0.3) is 0 Å². The van der Waals surface area contributed by atoms with E-state index in [9.17, 15) is 14.2 Å². The highest BCUT2D eigenvalue weighted by atomic mass is 31.2. The van der Waals surface area contributed by atoms with Gasteiger partial charge in [-0.1, -0.05) is 157 Å². The Balaban J connectivity index is 4.07. The number of rotatable bonds is 37. The van der Waals surface area contributed by atoms with Gasteiger partial charge in [-0.25, -0.2) is 4.57 Å². The van der Waals surface area contributed by atoms with Gasteiger partial charge in [-0.2, -0.15) is 0 Å². The van der Waals surface area contributed by atoms with E-state index in [-0.39, 0.29) is 19.4 Å². The first-order valence-corrected chi connectivity index (χ1v) is 22.3. The molecule has 0 amide bonds. The van der Waals surface area contributed by atoms with Crippen molar-refractivity contribution in [1.82, 2.24) is 0 Å². The molecule has 0 bridgehead atoms. The molecule has 0 aromatic heterocycles. The number of ether oxygens (including phenoxy) is 2. The summed E-state index contributed by atoms with van der Waals surface area (Å²) in [6.07, 6.45) is 50.6. The summed E-state index contributed by atoms with van der Waals surface area (Å²) in [6.45, 7) is 3.57. The third-order valence-corrected chi connectivity index (χ3v) is 8.93. The van der Waals surface area contributed by atoms with E-state index in [1.165, 1.54) is 64.2 Å². The van der Waals surface area contributed by atoms with Crippen LogP contribution in [0.1, 0.15) is 174 Å². The number of hydrogen-bond donors (Lipinski definition) is 2. The molecule has 0 aliphatic heterocycles. The molecule has 0 saturated carbocycles. The van der Waals surface area contributed by atoms with Gasteiger partial charge in [0.15, 0.2) is 6.10 Å². The molecule has 9 heteroatoms. The van der Waals surface area contributed by atoms with Crippen molar-refractivity contribution in [3.8, 4) is 0 Å². The van der Waals surface area contributed by atoms with Crippen LogP contribution < -0.4 is 0 Å². The molecule has 1 atom stereocenters. The van der Waals surface area contributed by atoms with Gasteiger partial charge >= 0.3 is 19.8 Å². The predicted octanol–water partition coefficient (Wildman–Crippen LogP) is 12.7. The van der Waals surface area contributed by atoms with Crippen molar-refractivity contribution < 1.29 is 37.9 Å². The zero-order valence-corrected chi connectivity index (χ0v) is 34.3. The number of carbonyl (C=O) groups is 2. The monoisotopic (exact) mass is 763 g/mol. The molecule has 0 aromatic carbocycles. The van der Waals surface area contributed by atoms with Gasteiger partial charge in [0.25, 0.3) is 0 Å². The lowest BCUT2D eigenvalue weighted by molar-refractivity contribution is -0.161. The number of phosphoric ester groups is 1. The second-order valence-corrected chi connectivity index (χ2v) is 14.8. The molecule has 0 radical (unpaired) electrons. The van der Waals surface area contributed by atoms with Crippen LogP contribution in [0, 0.1) is 0 Å². The third kappa shape index (κ3) is 42.1. The van der Waals surface area contributed by atoms with Crippen molar-refractivity contribution in [3.05, 3.63) is 72.9 Å². The Morgan fingerprint density at radius 2 is 0.887 bits per heavy atom. The van der Waals surface area contributed by atoms with E-state index in [1.54, 1.807) is 0 Å². The van der Waals surface area contributed by atoms with E-state index < -0.39 is 32.5 Å². The molecule has 0 rings (SSSR count). The summed E-state index contributed by atoms with van der Waals surface area (Å²) in [5, 5.41) is 0. The highest BCUT2D eigenvalue weighted by Gasteiger charge is 2.22. The van der Waals surface area contributed by atoms with E-state index in [0.29, 0.717) is 19.3 Å². The molecule has 53 heavy (non-hydrogen) atoms. The van der Waals surface area contributed by atoms with Crippen molar-refractivity contribution in [2.45, 2.75) is 180 Å². The Hall–Kier alpha value is -2.51. The number of carbonyl (C=O) groups excluding carboxylic acids is 2. The molecule has 0 spiro atoms. The number of phosphoric acid groups is 1. The van der Waals surface area contributed by atoms with Crippen molar-refractivity contribution in [2.24, 2.45) is 0 Å². The molecule has 304 valence electrons. The normalized spacial score (nSPS) is 13.2. The van der Waals surface area contributed by atoms with Gasteiger partial charge < -0.3 is 19.3 Å². The van der Waals surface area contributed by atoms with Crippen LogP contribution in [0.5, 0.6) is 0 Å². The Morgan fingerprint density at radius 3 is 1.38 bits per heavy atom. The average molecular weight is 763 g/mol. The van der Waals surface area contributed by atoms with Crippen LogP contribution in [-0.2, 0) is 28.2 Å². The second kappa shape index (κ2) is 39.2. The van der Waals surface area contributed by atoms with E-state index >= 15 is 0 Å². The SMILES string of the molecule is CCCC/C=C/C/C=C/CCCCCCCC(=O)OC[C@H](COP(=O)(O)O)OC(=O)CCC/C=C/C/C=C/C/C=C/C/C=C/CCCCCCCCC. The Kier molecular flexibility index (Phi) is 37.3. The van der Waals surface area contributed by atoms with Crippen LogP contribution in [0.3, 0.4) is 0 Å². The fourth-order valence-electron chi connectivity index (χ4n) is 5.32. The maximum absolute atomic E-state index is 12.4. The molecular formula is C44H75O8P. The maximum Gasteiger partial charge on any atom is 0.469 e. The largest absolute Gasteiger partial charge is 0.469 e. The fourth-order valence-corrected chi connectivity index (χ4v) is 5.68. The summed E-state index contributed by atoms with van der Waals surface area (Å²) in [7, 11) is -4.77. The predicted molar refractivity (Wildman–Crippen MR) is 220 cm³/mol. The number of allylic oxidation sites excluding steroid dienone is 12. The highest BCUT2D eigenvalue weighted by molar-refractivity contribution is 7.46. The minimum absolute atomic E-state index is 0.130. The van der Waals surface area contributed by atoms with Gasteiger partial charge in [-0.05, 0) is 77.0 Å². The van der Waals surface area contributed by atoms with E-state index in [1.807, 2.05) is 6.08 Å². The fraction of sp³-hybridized carbons (Fsp3) is 0.682. The van der Waals surface area contributed by atoms with E-state index in [0.717, 1.165) is 64.2 Å². The molecular weight excluding hydrogens is 687 g/mol. The summed E-state index contributed by atoms with van der Waals surface area (Å²) in [6, 6.07) is 0. The summed E-state index contributed by atoms with van der Waals surface area (Å²) in [5.74, 6) is -0.972. The van der Waals surface area contributed by atoms with E-state index in [4.69, 9.17) is 19.3 Å². The van der Waals surface area contributed by atoms with Crippen LogP contribution in [0.15, 0.2) is 72.9 Å². The van der Waals surface area contributed by atoms with Gasteiger partial charge in [-0.3, -0.25) is 14.1 Å². The Labute approximate surface area is 323 Å². The first kappa shape index (κ1) is 50.5. The zero-order chi connectivity index (χ0) is 38.9. The molecule has 0 saturated heterocycles. The smallest absolute Gasteiger partial charge is 0.462 e. The van der Waals surface area contributed by atoms with Gasteiger partial charge in [0, 0.05) is 12.8 Å². The molecule has 8 nitrogen and oxygen atoms in total. The first-order chi connectivity index (χ1) is 25.8. The summed E-state index contributed by atoms with van der Waals surface area (Å²) in [5.41, 5.74) is 0. The minimum atomic E-state index is -4.77. The van der Waals surface area contributed by atoms with Crippen LogP contribution in [0.4, 0.5) is 0 Å². The lowest BCUT2D eigenvalue weighted by Gasteiger charge is -2.18. The van der Waals surface area contributed by atoms with Gasteiger partial charge in [0.2, 0.25) is 0 Å². The number of unbranched alkanes of at least 4 members (excludes halogenated alkanes) is 15. The van der Waals surface area contributed by atoms with Gasteiger partial charge in [-0.15, -0.1) is 0 Å². The molecule has 0 fully saturated rings. The maximum atomic E-state index is 12.4. The van der Waals surface area contributed by atoms with E-state index in [2.05, 4.69) is 85.2 Å². The Morgan fingerprint density at radius 1 is 0.491 bits per heavy atom. The topological polar surface area (TPSA) is 119 Å². The van der Waals surface area contributed by atoms with Crippen molar-refractivity contribution in [2.75, 3.05) is 13.2 Å². The molecule has 0 aromatic rings. The zero-order valence-electron chi connectivity index (χ0n) is 33.4. The Bertz CT molecular complexity index is 1080. The molecule has 0 aliphatic rings. The lowest BCUT2D eigenvalue weighted by atomic mass is 10.1. The van der Waals surface area contributed by atoms with Crippen molar-refractivity contribution in [1.29, 1.82) is 0 Å². The van der Waals surface area contributed by atoms with Crippen LogP contribution in [0.2, 0.25) is 0 Å². The summed E-state index contributed by atoms with van der Waals surface area (Å²) >= 11 is 0. The van der Waals surface area contributed by atoms with Crippen LogP contribution in [-0.4, -0.2) is 41.0 Å². The first-order valence-electron chi connectivity index (χ1n) is 20.7. The van der Waals surface area contributed by atoms with Gasteiger partial charge in [0.05, 0.1) is 6.61 Å². The highest BCUT2D eigenvalue weighted by Crippen LogP contribution is 2.36. The minimum Gasteiger partial charge on any atom is -0.462 e. The van der Waals surface area contributed by atoms with Crippen LogP contribution >= 0.6 is 7.82 Å². The quantitative estimate of drug-likeness (QED) is 0.0278. The lowest BCUT2D eigenvalue weighted by Crippen LogP contribution is -2.29. The third-order valence-electron chi connectivity index (χ3n) is 8.45. The van der Waals surface area contributed by atoms with Crippen molar-refractivity contribution >= 4 is 19.8 Å².